The molecule has 0 atom stereocenters. The quantitative estimate of drug-likeness (QED) is 0.773. The molecule has 0 saturated heterocycles. The van der Waals surface area contributed by atoms with Crippen LogP contribution >= 0.6 is 0 Å². The van der Waals surface area contributed by atoms with Crippen LogP contribution in [0.15, 0.2) is 12.1 Å². The molecule has 0 saturated carbocycles. The summed E-state index contributed by atoms with van der Waals surface area (Å²) in [5.41, 5.74) is 4.10. The van der Waals surface area contributed by atoms with Gasteiger partial charge in [0, 0.05) is 12.0 Å². The first kappa shape index (κ1) is 14.1. The minimum atomic E-state index is 0.175. The Morgan fingerprint density at radius 2 is 1.63 bits per heavy atom. The fourth-order valence-corrected chi connectivity index (χ4v) is 3.08. The highest BCUT2D eigenvalue weighted by Crippen LogP contribution is 2.47. The van der Waals surface area contributed by atoms with E-state index >= 15 is 0 Å². The molecule has 2 rings (SSSR count). The van der Waals surface area contributed by atoms with Crippen molar-refractivity contribution in [3.63, 3.8) is 0 Å². The molecule has 1 aliphatic carbocycles. The molecule has 19 heavy (non-hydrogen) atoms. The van der Waals surface area contributed by atoms with E-state index in [-0.39, 0.29) is 10.8 Å². The second kappa shape index (κ2) is 4.66. The van der Waals surface area contributed by atoms with Crippen LogP contribution in [-0.2, 0) is 22.0 Å². The molecule has 1 aromatic rings. The number of methoxy groups -OCH3 is 1. The van der Waals surface area contributed by atoms with Gasteiger partial charge in [0.25, 0.3) is 0 Å². The lowest BCUT2D eigenvalue weighted by molar-refractivity contribution is -0.107. The van der Waals surface area contributed by atoms with Crippen molar-refractivity contribution in [1.82, 2.24) is 0 Å². The van der Waals surface area contributed by atoms with Gasteiger partial charge in [-0.1, -0.05) is 33.8 Å². The summed E-state index contributed by atoms with van der Waals surface area (Å²) in [7, 11) is 1.68. The molecule has 104 valence electrons. The van der Waals surface area contributed by atoms with Gasteiger partial charge < -0.3 is 9.53 Å². The van der Waals surface area contributed by atoms with Gasteiger partial charge in [0.05, 0.1) is 7.11 Å². The third-order valence-corrected chi connectivity index (χ3v) is 4.56. The highest BCUT2D eigenvalue weighted by molar-refractivity contribution is 5.60. The second-order valence-corrected chi connectivity index (χ2v) is 6.85. The monoisotopic (exact) mass is 260 g/mol. The zero-order valence-electron chi connectivity index (χ0n) is 12.7. The van der Waals surface area contributed by atoms with Crippen LogP contribution in [0.2, 0.25) is 0 Å². The molecular weight excluding hydrogens is 236 g/mol. The van der Waals surface area contributed by atoms with E-state index in [2.05, 4.69) is 39.8 Å². The average molecular weight is 260 g/mol. The van der Waals surface area contributed by atoms with Gasteiger partial charge in [-0.2, -0.15) is 0 Å². The molecule has 0 fully saturated rings. The molecule has 1 aliphatic rings. The van der Waals surface area contributed by atoms with E-state index in [9.17, 15) is 4.79 Å². The highest BCUT2D eigenvalue weighted by atomic mass is 16.5. The average Bonchev–Trinajstić information content (AvgIpc) is 2.35. The molecule has 2 heteroatoms. The third-order valence-electron chi connectivity index (χ3n) is 4.56. The first-order valence-electron chi connectivity index (χ1n) is 6.97. The summed E-state index contributed by atoms with van der Waals surface area (Å²) in [5.74, 6) is 0.844. The highest BCUT2D eigenvalue weighted by Gasteiger charge is 2.37. The number of aldehydes is 1. The van der Waals surface area contributed by atoms with Gasteiger partial charge in [0.2, 0.25) is 0 Å². The van der Waals surface area contributed by atoms with Crippen molar-refractivity contribution < 1.29 is 9.53 Å². The van der Waals surface area contributed by atoms with Gasteiger partial charge in [0.1, 0.15) is 12.0 Å². The summed E-state index contributed by atoms with van der Waals surface area (Å²) in [5, 5.41) is 0. The second-order valence-electron chi connectivity index (χ2n) is 6.85. The Labute approximate surface area is 116 Å². The van der Waals surface area contributed by atoms with Gasteiger partial charge in [-0.15, -0.1) is 0 Å². The minimum Gasteiger partial charge on any atom is -0.496 e. The predicted octanol–water partition coefficient (Wildman–Crippen LogP) is 3.79. The SMILES string of the molecule is COc1cc2c(cc1CC=O)C(C)(C)CCC2(C)C. The van der Waals surface area contributed by atoms with E-state index in [1.165, 1.54) is 24.0 Å². The third kappa shape index (κ3) is 2.41. The summed E-state index contributed by atoms with van der Waals surface area (Å²) in [6, 6.07) is 4.33. The van der Waals surface area contributed by atoms with Crippen LogP contribution in [0, 0.1) is 0 Å². The minimum absolute atomic E-state index is 0.175. The van der Waals surface area contributed by atoms with Gasteiger partial charge in [-0.3, -0.25) is 0 Å². The van der Waals surface area contributed by atoms with Crippen LogP contribution in [0.1, 0.15) is 57.2 Å². The number of fused-ring (bicyclic) bond motifs is 1. The van der Waals surface area contributed by atoms with Crippen molar-refractivity contribution in [3.8, 4) is 5.75 Å². The smallest absolute Gasteiger partial charge is 0.124 e. The molecule has 0 aliphatic heterocycles. The maximum atomic E-state index is 10.8. The lowest BCUT2D eigenvalue weighted by atomic mass is 9.63. The number of ether oxygens (including phenoxy) is 1. The zero-order valence-corrected chi connectivity index (χ0v) is 12.7. The first-order chi connectivity index (χ1) is 8.81. The summed E-state index contributed by atoms with van der Waals surface area (Å²) in [6.07, 6.45) is 3.74. The maximum absolute atomic E-state index is 10.8. The van der Waals surface area contributed by atoms with Crippen molar-refractivity contribution >= 4 is 6.29 Å². The maximum Gasteiger partial charge on any atom is 0.124 e. The molecule has 0 heterocycles. The zero-order chi connectivity index (χ0) is 14.3. The van der Waals surface area contributed by atoms with Crippen LogP contribution in [0.4, 0.5) is 0 Å². The van der Waals surface area contributed by atoms with Crippen molar-refractivity contribution in [2.24, 2.45) is 0 Å². The van der Waals surface area contributed by atoms with Crippen LogP contribution in [0.5, 0.6) is 5.75 Å². The van der Waals surface area contributed by atoms with Crippen LogP contribution in [-0.4, -0.2) is 13.4 Å². The van der Waals surface area contributed by atoms with E-state index in [4.69, 9.17) is 4.74 Å². The molecule has 0 N–H and O–H groups in total. The normalized spacial score (nSPS) is 19.6. The Balaban J connectivity index is 2.66. The topological polar surface area (TPSA) is 26.3 Å². The Morgan fingerprint density at radius 1 is 1.11 bits per heavy atom. The van der Waals surface area contributed by atoms with E-state index in [1.807, 2.05) is 0 Å². The van der Waals surface area contributed by atoms with Gasteiger partial charge in [0.15, 0.2) is 0 Å². The molecule has 0 bridgehead atoms. The summed E-state index contributed by atoms with van der Waals surface area (Å²) >= 11 is 0. The number of hydrogen-bond donors (Lipinski definition) is 0. The molecule has 2 nitrogen and oxygen atoms in total. The van der Waals surface area contributed by atoms with Gasteiger partial charge in [-0.25, -0.2) is 0 Å². The van der Waals surface area contributed by atoms with E-state index < -0.39 is 0 Å². The van der Waals surface area contributed by atoms with E-state index in [1.54, 1.807) is 7.11 Å². The Kier molecular flexibility index (Phi) is 3.46. The molecule has 0 amide bonds. The standard InChI is InChI=1S/C17H24O2/c1-16(2)7-8-17(3,4)14-11-15(19-5)12(6-9-18)10-13(14)16/h9-11H,6-8H2,1-5H3. The van der Waals surface area contributed by atoms with Crippen LogP contribution in [0.25, 0.3) is 0 Å². The van der Waals surface area contributed by atoms with Crippen molar-refractivity contribution in [3.05, 3.63) is 28.8 Å². The molecule has 0 aromatic heterocycles. The fourth-order valence-electron chi connectivity index (χ4n) is 3.08. The van der Waals surface area contributed by atoms with Gasteiger partial charge >= 0.3 is 0 Å². The Bertz CT molecular complexity index is 498. The summed E-state index contributed by atoms with van der Waals surface area (Å²) in [4.78, 5) is 10.8. The Morgan fingerprint density at radius 3 is 2.11 bits per heavy atom. The van der Waals surface area contributed by atoms with Crippen molar-refractivity contribution in [2.45, 2.75) is 57.8 Å². The number of carbonyl (C=O) groups is 1. The lowest BCUT2D eigenvalue weighted by Gasteiger charge is -2.42. The van der Waals surface area contributed by atoms with Crippen molar-refractivity contribution in [1.29, 1.82) is 0 Å². The molecule has 0 spiro atoms. The predicted molar refractivity (Wildman–Crippen MR) is 78.0 cm³/mol. The van der Waals surface area contributed by atoms with Crippen LogP contribution in [0.3, 0.4) is 0 Å². The lowest BCUT2D eigenvalue weighted by Crippen LogP contribution is -2.34. The summed E-state index contributed by atoms with van der Waals surface area (Å²) < 4.78 is 5.47. The molecule has 1 aromatic carbocycles. The fraction of sp³-hybridized carbons (Fsp3) is 0.588. The van der Waals surface area contributed by atoms with Crippen molar-refractivity contribution in [2.75, 3.05) is 7.11 Å². The largest absolute Gasteiger partial charge is 0.496 e. The Hall–Kier alpha value is -1.31. The molecule has 0 radical (unpaired) electrons. The molecular formula is C17H24O2. The number of carbonyl (C=O) groups excluding carboxylic acids is 1. The van der Waals surface area contributed by atoms with Crippen LogP contribution < -0.4 is 4.74 Å². The van der Waals surface area contributed by atoms with E-state index in [0.717, 1.165) is 17.6 Å². The first-order valence-corrected chi connectivity index (χ1v) is 6.97. The summed E-state index contributed by atoms with van der Waals surface area (Å²) in [6.45, 7) is 9.16. The van der Waals surface area contributed by atoms with E-state index in [0.29, 0.717) is 6.42 Å². The number of hydrogen-bond acceptors (Lipinski definition) is 2. The van der Waals surface area contributed by atoms with Gasteiger partial charge in [-0.05, 0) is 40.9 Å². The molecule has 0 unspecified atom stereocenters. The number of benzene rings is 1. The number of rotatable bonds is 3.